The van der Waals surface area contributed by atoms with Crippen molar-refractivity contribution in [3.8, 4) is 33.6 Å². The van der Waals surface area contributed by atoms with Gasteiger partial charge < -0.3 is 10.3 Å². The van der Waals surface area contributed by atoms with Crippen molar-refractivity contribution in [3.05, 3.63) is 127 Å². The molecule has 0 spiro atoms. The van der Waals surface area contributed by atoms with Gasteiger partial charge >= 0.3 is 0 Å². The third kappa shape index (κ3) is 4.29. The number of pyridine rings is 1. The first-order chi connectivity index (χ1) is 19.6. The van der Waals surface area contributed by atoms with E-state index in [1.54, 1.807) is 36.7 Å². The number of aromatic nitrogens is 4. The molecule has 3 heterocycles. The Morgan fingerprint density at radius 2 is 1.60 bits per heavy atom. The minimum absolute atomic E-state index is 0.191. The lowest BCUT2D eigenvalue weighted by Gasteiger charge is -2.08. The second-order valence-electron chi connectivity index (χ2n) is 9.58. The molecule has 40 heavy (non-hydrogen) atoms. The summed E-state index contributed by atoms with van der Waals surface area (Å²) in [5.41, 5.74) is 8.22. The van der Waals surface area contributed by atoms with Gasteiger partial charge in [0.1, 0.15) is 11.5 Å². The van der Waals surface area contributed by atoms with Gasteiger partial charge in [0.15, 0.2) is 0 Å². The molecule has 0 aliphatic rings. The molecule has 0 saturated heterocycles. The van der Waals surface area contributed by atoms with Crippen molar-refractivity contribution in [2.75, 3.05) is 5.32 Å². The fraction of sp³-hybridized carbons (Fsp3) is 0. The number of benzene rings is 4. The van der Waals surface area contributed by atoms with E-state index in [0.29, 0.717) is 11.3 Å². The van der Waals surface area contributed by atoms with Gasteiger partial charge in [-0.25, -0.2) is 4.39 Å². The predicted molar refractivity (Wildman–Crippen MR) is 156 cm³/mol. The number of nitrogens with zero attached hydrogens (tertiary/aromatic N) is 2. The maximum absolute atomic E-state index is 14.0. The van der Waals surface area contributed by atoms with Gasteiger partial charge in [-0.3, -0.25) is 14.9 Å². The molecule has 0 fully saturated rings. The highest BCUT2D eigenvalue weighted by atomic mass is 19.1. The normalized spacial score (nSPS) is 11.2. The van der Waals surface area contributed by atoms with Crippen molar-refractivity contribution >= 4 is 33.4 Å². The van der Waals surface area contributed by atoms with E-state index < -0.39 is 0 Å². The monoisotopic (exact) mass is 523 g/mol. The van der Waals surface area contributed by atoms with Crippen molar-refractivity contribution in [2.24, 2.45) is 0 Å². The van der Waals surface area contributed by atoms with Crippen molar-refractivity contribution in [1.29, 1.82) is 0 Å². The molecule has 7 heteroatoms. The lowest BCUT2D eigenvalue weighted by Crippen LogP contribution is -2.11. The number of halogens is 1. The maximum Gasteiger partial charge on any atom is 0.255 e. The summed E-state index contributed by atoms with van der Waals surface area (Å²) in [5.74, 6) is -0.460. The highest BCUT2D eigenvalue weighted by Crippen LogP contribution is 2.35. The molecule has 3 N–H and O–H groups in total. The molecule has 192 valence electrons. The Labute approximate surface area is 228 Å². The molecular weight excluding hydrogens is 501 g/mol. The number of aromatic amines is 2. The molecule has 4 aromatic carbocycles. The summed E-state index contributed by atoms with van der Waals surface area (Å²) in [4.78, 5) is 20.5. The summed E-state index contributed by atoms with van der Waals surface area (Å²) in [6.45, 7) is 0. The predicted octanol–water partition coefficient (Wildman–Crippen LogP) is 7.83. The quantitative estimate of drug-likeness (QED) is 0.215. The standard InChI is InChI=1S/C33H22FN5O/c34-24-9-4-8-22(14-24)26-10-5-11-29-27(26)17-31(37-29)32-28-16-21(12-13-30(28)38-39-32)23-15-25(19-35-18-23)36-33(40)20-6-2-1-3-7-20/h1-19,37H,(H,36,40)(H,38,39). The summed E-state index contributed by atoms with van der Waals surface area (Å²) in [7, 11) is 0. The number of nitrogens with one attached hydrogen (secondary N) is 3. The Morgan fingerprint density at radius 1 is 0.725 bits per heavy atom. The summed E-state index contributed by atoms with van der Waals surface area (Å²) >= 11 is 0. The maximum atomic E-state index is 14.0. The first kappa shape index (κ1) is 23.5. The number of H-pyrrole nitrogens is 2. The summed E-state index contributed by atoms with van der Waals surface area (Å²) in [5, 5.41) is 12.6. The Balaban J connectivity index is 1.25. The van der Waals surface area contributed by atoms with Gasteiger partial charge in [0, 0.05) is 33.6 Å². The Bertz CT molecular complexity index is 2030. The molecule has 0 atom stereocenters. The molecule has 1 amide bonds. The molecule has 7 aromatic rings. The van der Waals surface area contributed by atoms with Crippen molar-refractivity contribution in [1.82, 2.24) is 20.2 Å². The number of rotatable bonds is 5. The molecule has 6 nitrogen and oxygen atoms in total. The van der Waals surface area contributed by atoms with E-state index in [0.717, 1.165) is 55.4 Å². The molecule has 0 aliphatic carbocycles. The highest BCUT2D eigenvalue weighted by molar-refractivity contribution is 6.05. The van der Waals surface area contributed by atoms with Crippen LogP contribution in [0.5, 0.6) is 0 Å². The minimum Gasteiger partial charge on any atom is -0.353 e. The van der Waals surface area contributed by atoms with Crippen LogP contribution in [0.3, 0.4) is 0 Å². The Hall–Kier alpha value is -5.56. The average Bonchev–Trinajstić information content (AvgIpc) is 3.61. The van der Waals surface area contributed by atoms with Gasteiger partial charge in [-0.2, -0.15) is 5.10 Å². The molecule has 0 bridgehead atoms. The van der Waals surface area contributed by atoms with Crippen LogP contribution in [0.2, 0.25) is 0 Å². The van der Waals surface area contributed by atoms with Gasteiger partial charge in [-0.05, 0) is 71.3 Å². The van der Waals surface area contributed by atoms with Crippen LogP contribution in [0.15, 0.2) is 116 Å². The Kier molecular flexibility index (Phi) is 5.67. The zero-order valence-electron chi connectivity index (χ0n) is 21.2. The van der Waals surface area contributed by atoms with E-state index in [2.05, 4.69) is 37.6 Å². The first-order valence-electron chi connectivity index (χ1n) is 12.8. The van der Waals surface area contributed by atoms with E-state index in [9.17, 15) is 9.18 Å². The molecule has 7 rings (SSSR count). The smallest absolute Gasteiger partial charge is 0.255 e. The summed E-state index contributed by atoms with van der Waals surface area (Å²) in [6.07, 6.45) is 3.40. The van der Waals surface area contributed by atoms with Crippen LogP contribution in [0.1, 0.15) is 10.4 Å². The number of amides is 1. The van der Waals surface area contributed by atoms with Gasteiger partial charge in [0.25, 0.3) is 5.91 Å². The fourth-order valence-corrected chi connectivity index (χ4v) is 5.05. The lowest BCUT2D eigenvalue weighted by atomic mass is 10.0. The third-order valence-corrected chi connectivity index (χ3v) is 6.98. The molecule has 3 aromatic heterocycles. The van der Waals surface area contributed by atoms with E-state index in [-0.39, 0.29) is 11.7 Å². The third-order valence-electron chi connectivity index (χ3n) is 6.98. The number of hydrogen-bond acceptors (Lipinski definition) is 3. The second-order valence-corrected chi connectivity index (χ2v) is 9.58. The van der Waals surface area contributed by atoms with Crippen molar-refractivity contribution in [3.63, 3.8) is 0 Å². The van der Waals surface area contributed by atoms with Crippen LogP contribution in [-0.2, 0) is 0 Å². The van der Waals surface area contributed by atoms with Gasteiger partial charge in [0.2, 0.25) is 0 Å². The average molecular weight is 524 g/mol. The summed E-state index contributed by atoms with van der Waals surface area (Å²) < 4.78 is 14.0. The van der Waals surface area contributed by atoms with Gasteiger partial charge in [0.05, 0.1) is 23.1 Å². The van der Waals surface area contributed by atoms with Crippen molar-refractivity contribution < 1.29 is 9.18 Å². The summed E-state index contributed by atoms with van der Waals surface area (Å²) in [6, 6.07) is 31.6. The molecule has 0 saturated carbocycles. The van der Waals surface area contributed by atoms with Crippen LogP contribution >= 0.6 is 0 Å². The largest absolute Gasteiger partial charge is 0.353 e. The highest BCUT2D eigenvalue weighted by Gasteiger charge is 2.15. The topological polar surface area (TPSA) is 86.5 Å². The number of hydrogen-bond donors (Lipinski definition) is 3. The molecule has 0 aliphatic heterocycles. The lowest BCUT2D eigenvalue weighted by molar-refractivity contribution is 0.102. The van der Waals surface area contributed by atoms with E-state index in [1.807, 2.05) is 60.7 Å². The number of fused-ring (bicyclic) bond motifs is 2. The zero-order chi connectivity index (χ0) is 27.1. The van der Waals surface area contributed by atoms with E-state index in [4.69, 9.17) is 0 Å². The number of anilines is 1. The molecule has 0 radical (unpaired) electrons. The second kappa shape index (κ2) is 9.63. The SMILES string of the molecule is O=C(Nc1cncc(-c2ccc3[nH]nc(-c4cc5c(-c6cccc(F)c6)cccc5[nH]4)c3c2)c1)c1ccccc1. The van der Waals surface area contributed by atoms with Gasteiger partial charge in [-0.15, -0.1) is 0 Å². The number of carbonyl (C=O) groups excluding carboxylic acids is 1. The number of carbonyl (C=O) groups is 1. The zero-order valence-corrected chi connectivity index (χ0v) is 21.2. The van der Waals surface area contributed by atoms with Crippen LogP contribution in [0.25, 0.3) is 55.4 Å². The van der Waals surface area contributed by atoms with Crippen molar-refractivity contribution in [2.45, 2.75) is 0 Å². The molecule has 0 unspecified atom stereocenters. The van der Waals surface area contributed by atoms with Gasteiger partial charge in [-0.1, -0.05) is 48.5 Å². The Morgan fingerprint density at radius 3 is 2.48 bits per heavy atom. The van der Waals surface area contributed by atoms with Crippen LogP contribution in [-0.4, -0.2) is 26.1 Å². The van der Waals surface area contributed by atoms with E-state index in [1.165, 1.54) is 6.07 Å². The van der Waals surface area contributed by atoms with Crippen LogP contribution in [0.4, 0.5) is 10.1 Å². The first-order valence-corrected chi connectivity index (χ1v) is 12.8. The van der Waals surface area contributed by atoms with Crippen LogP contribution < -0.4 is 5.32 Å². The minimum atomic E-state index is -0.269. The fourth-order valence-electron chi connectivity index (χ4n) is 5.05. The molecular formula is C33H22FN5O. The van der Waals surface area contributed by atoms with E-state index >= 15 is 0 Å². The van der Waals surface area contributed by atoms with Crippen LogP contribution in [0, 0.1) is 5.82 Å².